The third-order valence-corrected chi connectivity index (χ3v) is 3.84. The molecule has 0 saturated carbocycles. The summed E-state index contributed by atoms with van der Waals surface area (Å²) in [4.78, 5) is 12.6. The number of carbonyl (C=O) groups is 1. The van der Waals surface area contributed by atoms with Gasteiger partial charge in [-0.1, -0.05) is 18.2 Å². The number of aryl methyl sites for hydroxylation is 1. The Morgan fingerprint density at radius 3 is 2.64 bits per heavy atom. The Kier molecular flexibility index (Phi) is 5.30. The van der Waals surface area contributed by atoms with Gasteiger partial charge in [0.15, 0.2) is 5.76 Å². The van der Waals surface area contributed by atoms with Crippen molar-refractivity contribution in [3.05, 3.63) is 60.0 Å². The Bertz CT molecular complexity index is 836. The molecule has 0 atom stereocenters. The minimum Gasteiger partial charge on any atom is -0.460 e. The number of benzene rings is 1. The first-order chi connectivity index (χ1) is 12.2. The second-order valence-electron chi connectivity index (χ2n) is 5.79. The van der Waals surface area contributed by atoms with E-state index >= 15 is 0 Å². The highest BCUT2D eigenvalue weighted by Gasteiger charge is 2.20. The van der Waals surface area contributed by atoms with Crippen molar-refractivity contribution in [2.75, 3.05) is 20.1 Å². The van der Waals surface area contributed by atoms with Gasteiger partial charge in [-0.25, -0.2) is 4.68 Å². The van der Waals surface area contributed by atoms with Gasteiger partial charge in [0.05, 0.1) is 11.3 Å². The number of hydrogen-bond acceptors (Lipinski definition) is 4. The van der Waals surface area contributed by atoms with E-state index in [4.69, 9.17) is 4.42 Å². The van der Waals surface area contributed by atoms with Crippen LogP contribution in [-0.2, 0) is 0 Å². The van der Waals surface area contributed by atoms with Gasteiger partial charge in [0.25, 0.3) is 5.91 Å². The lowest BCUT2D eigenvalue weighted by Crippen LogP contribution is -2.26. The van der Waals surface area contributed by atoms with Crippen LogP contribution in [0.15, 0.2) is 53.1 Å². The molecule has 25 heavy (non-hydrogen) atoms. The summed E-state index contributed by atoms with van der Waals surface area (Å²) >= 11 is 0. The van der Waals surface area contributed by atoms with Crippen LogP contribution in [-0.4, -0.2) is 35.8 Å². The Morgan fingerprint density at radius 1 is 1.16 bits per heavy atom. The highest BCUT2D eigenvalue weighted by molar-refractivity contribution is 5.99. The van der Waals surface area contributed by atoms with Gasteiger partial charge in [-0.15, -0.1) is 0 Å². The van der Waals surface area contributed by atoms with Crippen molar-refractivity contribution in [1.29, 1.82) is 0 Å². The molecule has 0 unspecified atom stereocenters. The number of nitrogens with zero attached hydrogens (tertiary/aromatic N) is 2. The van der Waals surface area contributed by atoms with Gasteiger partial charge in [-0.3, -0.25) is 4.79 Å². The minimum atomic E-state index is -0.151. The van der Waals surface area contributed by atoms with Gasteiger partial charge < -0.3 is 15.1 Å². The molecule has 0 aliphatic rings. The van der Waals surface area contributed by atoms with Crippen LogP contribution in [0.25, 0.3) is 17.1 Å². The van der Waals surface area contributed by atoms with Gasteiger partial charge >= 0.3 is 0 Å². The van der Waals surface area contributed by atoms with Gasteiger partial charge in [-0.2, -0.15) is 5.10 Å². The van der Waals surface area contributed by atoms with E-state index in [9.17, 15) is 4.79 Å². The molecule has 2 aromatic heterocycles. The lowest BCUT2D eigenvalue weighted by atomic mass is 10.2. The number of furan rings is 1. The predicted octanol–water partition coefficient (Wildman–Crippen LogP) is 2.78. The smallest absolute Gasteiger partial charge is 0.255 e. The molecular weight excluding hydrogens is 316 g/mol. The van der Waals surface area contributed by atoms with E-state index in [2.05, 4.69) is 15.7 Å². The zero-order valence-corrected chi connectivity index (χ0v) is 14.5. The van der Waals surface area contributed by atoms with Crippen LogP contribution in [0.4, 0.5) is 0 Å². The molecule has 2 heterocycles. The fourth-order valence-electron chi connectivity index (χ4n) is 2.56. The Morgan fingerprint density at radius 2 is 1.96 bits per heavy atom. The maximum absolute atomic E-state index is 12.6. The van der Waals surface area contributed by atoms with Crippen LogP contribution in [0.2, 0.25) is 0 Å². The van der Waals surface area contributed by atoms with E-state index in [1.165, 1.54) is 0 Å². The quantitative estimate of drug-likeness (QED) is 0.650. The molecule has 0 spiro atoms. The monoisotopic (exact) mass is 338 g/mol. The molecule has 6 nitrogen and oxygen atoms in total. The van der Waals surface area contributed by atoms with E-state index in [-0.39, 0.29) is 5.91 Å². The highest BCUT2D eigenvalue weighted by atomic mass is 16.3. The summed E-state index contributed by atoms with van der Waals surface area (Å²) in [6, 6.07) is 13.4. The number of hydrogen-bond donors (Lipinski definition) is 2. The molecule has 0 radical (unpaired) electrons. The van der Waals surface area contributed by atoms with Crippen molar-refractivity contribution in [3.63, 3.8) is 0 Å². The standard InChI is InChI=1S/C19H22N4O2/c1-14-9-10-17(25-14)18-16(19(24)21-12-6-11-20-2)13-23(22-18)15-7-4-3-5-8-15/h3-5,7-10,13,20H,6,11-12H2,1-2H3,(H,21,24). The fourth-order valence-corrected chi connectivity index (χ4v) is 2.56. The lowest BCUT2D eigenvalue weighted by molar-refractivity contribution is 0.0953. The van der Waals surface area contributed by atoms with Crippen LogP contribution in [0.3, 0.4) is 0 Å². The third-order valence-electron chi connectivity index (χ3n) is 3.84. The van der Waals surface area contributed by atoms with Crippen molar-refractivity contribution in [3.8, 4) is 17.1 Å². The molecular formula is C19H22N4O2. The predicted molar refractivity (Wildman–Crippen MR) is 96.9 cm³/mol. The Balaban J connectivity index is 1.92. The van der Waals surface area contributed by atoms with E-state index in [0.717, 1.165) is 24.4 Å². The molecule has 0 aliphatic carbocycles. The van der Waals surface area contributed by atoms with E-state index in [1.54, 1.807) is 10.9 Å². The number of carbonyl (C=O) groups excluding carboxylic acids is 1. The van der Waals surface area contributed by atoms with Gasteiger partial charge in [0.2, 0.25) is 0 Å². The van der Waals surface area contributed by atoms with Crippen molar-refractivity contribution >= 4 is 5.91 Å². The van der Waals surface area contributed by atoms with Crippen LogP contribution >= 0.6 is 0 Å². The molecule has 3 aromatic rings. The minimum absolute atomic E-state index is 0.151. The fraction of sp³-hybridized carbons (Fsp3) is 0.263. The zero-order valence-electron chi connectivity index (χ0n) is 14.5. The number of amides is 1. The van der Waals surface area contributed by atoms with Crippen LogP contribution < -0.4 is 10.6 Å². The first kappa shape index (κ1) is 17.0. The van der Waals surface area contributed by atoms with Crippen LogP contribution in [0, 0.1) is 6.92 Å². The van der Waals surface area contributed by atoms with Crippen molar-refractivity contribution in [2.45, 2.75) is 13.3 Å². The topological polar surface area (TPSA) is 72.1 Å². The second kappa shape index (κ2) is 7.81. The molecule has 6 heteroatoms. The summed E-state index contributed by atoms with van der Waals surface area (Å²) in [6.45, 7) is 3.33. The summed E-state index contributed by atoms with van der Waals surface area (Å²) in [6.07, 6.45) is 2.61. The van der Waals surface area contributed by atoms with Crippen LogP contribution in [0.1, 0.15) is 22.5 Å². The third kappa shape index (κ3) is 3.97. The van der Waals surface area contributed by atoms with Gasteiger partial charge in [-0.05, 0) is 51.2 Å². The Hall–Kier alpha value is -2.86. The Labute approximate surface area is 146 Å². The summed E-state index contributed by atoms with van der Waals surface area (Å²) in [5.74, 6) is 1.22. The summed E-state index contributed by atoms with van der Waals surface area (Å²) < 4.78 is 7.39. The van der Waals surface area contributed by atoms with E-state index in [0.29, 0.717) is 23.6 Å². The highest BCUT2D eigenvalue weighted by Crippen LogP contribution is 2.25. The number of nitrogens with one attached hydrogen (secondary N) is 2. The van der Waals surface area contributed by atoms with E-state index < -0.39 is 0 Å². The average Bonchev–Trinajstić information content (AvgIpc) is 3.25. The number of rotatable bonds is 7. The first-order valence-electron chi connectivity index (χ1n) is 8.33. The first-order valence-corrected chi connectivity index (χ1v) is 8.33. The molecule has 0 bridgehead atoms. The summed E-state index contributed by atoms with van der Waals surface area (Å²) in [5.41, 5.74) is 1.94. The van der Waals surface area contributed by atoms with Crippen molar-refractivity contribution < 1.29 is 9.21 Å². The van der Waals surface area contributed by atoms with E-state index in [1.807, 2.05) is 56.4 Å². The number of aromatic nitrogens is 2. The molecule has 0 aliphatic heterocycles. The average molecular weight is 338 g/mol. The molecule has 0 saturated heterocycles. The summed E-state index contributed by atoms with van der Waals surface area (Å²) in [5, 5.41) is 10.6. The largest absolute Gasteiger partial charge is 0.460 e. The van der Waals surface area contributed by atoms with Gasteiger partial charge in [0, 0.05) is 12.7 Å². The van der Waals surface area contributed by atoms with Crippen molar-refractivity contribution in [2.24, 2.45) is 0 Å². The normalized spacial score (nSPS) is 10.8. The molecule has 0 fully saturated rings. The number of para-hydroxylation sites is 1. The second-order valence-corrected chi connectivity index (χ2v) is 5.79. The lowest BCUT2D eigenvalue weighted by Gasteiger charge is -2.04. The maximum atomic E-state index is 12.6. The molecule has 130 valence electrons. The zero-order chi connectivity index (χ0) is 17.6. The molecule has 1 aromatic carbocycles. The SMILES string of the molecule is CNCCCNC(=O)c1cn(-c2ccccc2)nc1-c1ccc(C)o1. The van der Waals surface area contributed by atoms with Crippen LogP contribution in [0.5, 0.6) is 0 Å². The van der Waals surface area contributed by atoms with Gasteiger partial charge in [0.1, 0.15) is 11.5 Å². The van der Waals surface area contributed by atoms with Crippen molar-refractivity contribution in [1.82, 2.24) is 20.4 Å². The summed E-state index contributed by atoms with van der Waals surface area (Å²) in [7, 11) is 1.89. The molecule has 3 rings (SSSR count). The maximum Gasteiger partial charge on any atom is 0.255 e. The molecule has 1 amide bonds. The molecule has 2 N–H and O–H groups in total.